The van der Waals surface area contributed by atoms with Crippen molar-refractivity contribution in [2.75, 3.05) is 6.61 Å². The number of carbonyl (C=O) groups is 1. The van der Waals surface area contributed by atoms with Gasteiger partial charge in [0.25, 0.3) is 0 Å². The van der Waals surface area contributed by atoms with Crippen molar-refractivity contribution in [2.45, 2.75) is 13.3 Å². The largest absolute Gasteiger partial charge is 0.493 e. The summed E-state index contributed by atoms with van der Waals surface area (Å²) in [4.78, 5) is 12.5. The predicted octanol–water partition coefficient (Wildman–Crippen LogP) is 5.04. The molecule has 20 heavy (non-hydrogen) atoms. The van der Waals surface area contributed by atoms with Gasteiger partial charge in [-0.15, -0.1) is 0 Å². The van der Waals surface area contributed by atoms with Crippen LogP contribution in [0.4, 0.5) is 0 Å². The van der Waals surface area contributed by atoms with Gasteiger partial charge in [-0.05, 0) is 42.8 Å². The lowest BCUT2D eigenvalue weighted by Gasteiger charge is -2.10. The third-order valence-electron chi connectivity index (χ3n) is 2.80. The van der Waals surface area contributed by atoms with E-state index < -0.39 is 0 Å². The van der Waals surface area contributed by atoms with Crippen LogP contribution in [0.15, 0.2) is 51.4 Å². The Balaban J connectivity index is 2.26. The summed E-state index contributed by atoms with van der Waals surface area (Å²) in [5.41, 5.74) is 1.59. The molecule has 2 rings (SSSR count). The van der Waals surface area contributed by atoms with Crippen LogP contribution < -0.4 is 4.74 Å². The first-order chi connectivity index (χ1) is 9.60. The standard InChI is InChI=1S/C16H14Br2O2/c1-2-20-16-7-6-13(18)10-14(16)15(19)9-11-4-3-5-12(17)8-11/h3-8,10H,2,9H2,1H3. The average molecular weight is 398 g/mol. The number of Topliss-reactive ketones (excluding diaryl/α,β-unsaturated/α-hetero) is 1. The molecule has 0 saturated heterocycles. The molecule has 104 valence electrons. The normalized spacial score (nSPS) is 10.3. The lowest BCUT2D eigenvalue weighted by Crippen LogP contribution is -2.07. The van der Waals surface area contributed by atoms with Crippen LogP contribution in [0.1, 0.15) is 22.8 Å². The third kappa shape index (κ3) is 3.93. The fraction of sp³-hybridized carbons (Fsp3) is 0.188. The van der Waals surface area contributed by atoms with E-state index in [9.17, 15) is 4.79 Å². The van der Waals surface area contributed by atoms with E-state index in [1.807, 2.05) is 49.4 Å². The molecule has 0 aromatic heterocycles. The van der Waals surface area contributed by atoms with Gasteiger partial charge in [-0.2, -0.15) is 0 Å². The molecule has 0 unspecified atom stereocenters. The third-order valence-corrected chi connectivity index (χ3v) is 3.78. The maximum atomic E-state index is 12.5. The van der Waals surface area contributed by atoms with Gasteiger partial charge in [0.1, 0.15) is 5.75 Å². The summed E-state index contributed by atoms with van der Waals surface area (Å²) >= 11 is 6.81. The molecule has 0 bridgehead atoms. The number of hydrogen-bond acceptors (Lipinski definition) is 2. The van der Waals surface area contributed by atoms with Crippen LogP contribution >= 0.6 is 31.9 Å². The molecule has 0 radical (unpaired) electrons. The molecular weight excluding hydrogens is 384 g/mol. The maximum absolute atomic E-state index is 12.5. The number of hydrogen-bond donors (Lipinski definition) is 0. The van der Waals surface area contributed by atoms with Crippen molar-refractivity contribution in [2.24, 2.45) is 0 Å². The van der Waals surface area contributed by atoms with E-state index in [1.165, 1.54) is 0 Å². The van der Waals surface area contributed by atoms with Crippen LogP contribution in [0.25, 0.3) is 0 Å². The van der Waals surface area contributed by atoms with Crippen LogP contribution in [0.2, 0.25) is 0 Å². The Morgan fingerprint density at radius 1 is 1.10 bits per heavy atom. The second kappa shape index (κ2) is 7.04. The predicted molar refractivity (Wildman–Crippen MR) is 87.5 cm³/mol. The first-order valence-corrected chi connectivity index (χ1v) is 7.88. The maximum Gasteiger partial charge on any atom is 0.170 e. The Morgan fingerprint density at radius 2 is 1.85 bits per heavy atom. The van der Waals surface area contributed by atoms with Crippen molar-refractivity contribution in [1.82, 2.24) is 0 Å². The molecule has 4 heteroatoms. The summed E-state index contributed by atoms with van der Waals surface area (Å²) in [5.74, 6) is 0.684. The van der Waals surface area contributed by atoms with Gasteiger partial charge in [-0.1, -0.05) is 44.0 Å². The molecule has 2 aromatic carbocycles. The molecule has 0 N–H and O–H groups in total. The monoisotopic (exact) mass is 396 g/mol. The molecule has 0 fully saturated rings. The van der Waals surface area contributed by atoms with E-state index in [1.54, 1.807) is 0 Å². The van der Waals surface area contributed by atoms with Crippen molar-refractivity contribution >= 4 is 37.6 Å². The lowest BCUT2D eigenvalue weighted by molar-refractivity contribution is 0.0989. The fourth-order valence-electron chi connectivity index (χ4n) is 1.93. The summed E-state index contributed by atoms with van der Waals surface area (Å²) in [6, 6.07) is 13.3. The van der Waals surface area contributed by atoms with Crippen molar-refractivity contribution in [3.8, 4) is 5.75 Å². The molecule has 0 saturated carbocycles. The molecule has 0 amide bonds. The smallest absolute Gasteiger partial charge is 0.170 e. The first kappa shape index (κ1) is 15.3. The van der Waals surface area contributed by atoms with Crippen LogP contribution in [-0.2, 0) is 6.42 Å². The van der Waals surface area contributed by atoms with Gasteiger partial charge < -0.3 is 4.74 Å². The zero-order chi connectivity index (χ0) is 14.5. The molecule has 0 atom stereocenters. The number of rotatable bonds is 5. The Bertz CT molecular complexity index is 624. The summed E-state index contributed by atoms with van der Waals surface area (Å²) in [7, 11) is 0. The lowest BCUT2D eigenvalue weighted by atomic mass is 10.0. The van der Waals surface area contributed by atoms with Gasteiger partial charge >= 0.3 is 0 Å². The molecule has 0 aliphatic carbocycles. The summed E-state index contributed by atoms with van der Waals surface area (Å²) in [5, 5.41) is 0. The van der Waals surface area contributed by atoms with Gasteiger partial charge in [-0.3, -0.25) is 4.79 Å². The Hall–Kier alpha value is -1.13. The highest BCUT2D eigenvalue weighted by Crippen LogP contribution is 2.25. The van der Waals surface area contributed by atoms with Gasteiger partial charge in [0, 0.05) is 15.4 Å². The average Bonchev–Trinajstić information content (AvgIpc) is 2.41. The number of ether oxygens (including phenoxy) is 1. The highest BCUT2D eigenvalue weighted by atomic mass is 79.9. The van der Waals surface area contributed by atoms with Gasteiger partial charge in [-0.25, -0.2) is 0 Å². The number of halogens is 2. The van der Waals surface area contributed by atoms with Crippen molar-refractivity contribution in [3.63, 3.8) is 0 Å². The fourth-order valence-corrected chi connectivity index (χ4v) is 2.74. The van der Waals surface area contributed by atoms with Gasteiger partial charge in [0.2, 0.25) is 0 Å². The first-order valence-electron chi connectivity index (χ1n) is 6.30. The molecule has 2 aromatic rings. The van der Waals surface area contributed by atoms with E-state index in [-0.39, 0.29) is 5.78 Å². The zero-order valence-electron chi connectivity index (χ0n) is 11.0. The second-order valence-corrected chi connectivity index (χ2v) is 6.13. The summed E-state index contributed by atoms with van der Waals surface area (Å²) in [6.45, 7) is 2.45. The SMILES string of the molecule is CCOc1ccc(Br)cc1C(=O)Cc1cccc(Br)c1. The topological polar surface area (TPSA) is 26.3 Å². The minimum absolute atomic E-state index is 0.0489. The Morgan fingerprint density at radius 3 is 2.55 bits per heavy atom. The van der Waals surface area contributed by atoms with E-state index in [2.05, 4.69) is 31.9 Å². The zero-order valence-corrected chi connectivity index (χ0v) is 14.2. The van der Waals surface area contributed by atoms with Crippen molar-refractivity contribution in [1.29, 1.82) is 0 Å². The van der Waals surface area contributed by atoms with Crippen molar-refractivity contribution in [3.05, 3.63) is 62.5 Å². The van der Waals surface area contributed by atoms with E-state index in [0.29, 0.717) is 24.3 Å². The summed E-state index contributed by atoms with van der Waals surface area (Å²) in [6.07, 6.45) is 0.357. The van der Waals surface area contributed by atoms with E-state index in [0.717, 1.165) is 14.5 Å². The molecule has 2 nitrogen and oxygen atoms in total. The minimum Gasteiger partial charge on any atom is -0.493 e. The van der Waals surface area contributed by atoms with Crippen LogP contribution in [-0.4, -0.2) is 12.4 Å². The highest BCUT2D eigenvalue weighted by Gasteiger charge is 2.14. The Labute approximate surface area is 135 Å². The molecule has 0 aliphatic rings. The van der Waals surface area contributed by atoms with Crippen molar-refractivity contribution < 1.29 is 9.53 Å². The molecule has 0 heterocycles. The molecular formula is C16H14Br2O2. The van der Waals surface area contributed by atoms with Crippen LogP contribution in [0.3, 0.4) is 0 Å². The van der Waals surface area contributed by atoms with E-state index >= 15 is 0 Å². The number of benzene rings is 2. The number of ketones is 1. The van der Waals surface area contributed by atoms with E-state index in [4.69, 9.17) is 4.74 Å². The summed E-state index contributed by atoms with van der Waals surface area (Å²) < 4.78 is 7.37. The number of carbonyl (C=O) groups excluding carboxylic acids is 1. The van der Waals surface area contributed by atoms with Gasteiger partial charge in [0.05, 0.1) is 12.2 Å². The second-order valence-electron chi connectivity index (χ2n) is 4.30. The van der Waals surface area contributed by atoms with Gasteiger partial charge in [0.15, 0.2) is 5.78 Å². The quantitative estimate of drug-likeness (QED) is 0.661. The van der Waals surface area contributed by atoms with Crippen LogP contribution in [0, 0.1) is 0 Å². The van der Waals surface area contributed by atoms with Crippen LogP contribution in [0.5, 0.6) is 5.75 Å². The molecule has 0 spiro atoms. The minimum atomic E-state index is 0.0489. The highest BCUT2D eigenvalue weighted by molar-refractivity contribution is 9.10. The molecule has 0 aliphatic heterocycles. The Kier molecular flexibility index (Phi) is 5.38.